The first kappa shape index (κ1) is 25.9. The van der Waals surface area contributed by atoms with E-state index in [0.29, 0.717) is 44.4 Å². The normalized spacial score (nSPS) is 18.0. The molecule has 1 saturated heterocycles. The van der Waals surface area contributed by atoms with Crippen molar-refractivity contribution < 1.29 is 14.3 Å². The Balaban J connectivity index is 1.69. The highest BCUT2D eigenvalue weighted by atomic mass is 16.5. The molecule has 0 radical (unpaired) electrons. The number of rotatable bonds is 6. The molecule has 0 saturated carbocycles. The number of carbonyl (C=O) groups excluding carboxylic acids is 2. The second-order valence-electron chi connectivity index (χ2n) is 10.2. The second kappa shape index (κ2) is 10.8. The number of amides is 3. The summed E-state index contributed by atoms with van der Waals surface area (Å²) >= 11 is 0. The predicted molar refractivity (Wildman–Crippen MR) is 141 cm³/mol. The Morgan fingerprint density at radius 3 is 2.56 bits per heavy atom. The van der Waals surface area contributed by atoms with Crippen LogP contribution < -0.4 is 15.5 Å². The number of fused-ring (bicyclic) bond motifs is 1. The highest BCUT2D eigenvalue weighted by Gasteiger charge is 2.35. The van der Waals surface area contributed by atoms with Gasteiger partial charge in [0.05, 0.1) is 31.5 Å². The molecular weight excluding hydrogens is 456 g/mol. The van der Waals surface area contributed by atoms with Gasteiger partial charge in [0.15, 0.2) is 5.82 Å². The largest absolute Gasteiger partial charge is 0.377 e. The summed E-state index contributed by atoms with van der Waals surface area (Å²) in [5.41, 5.74) is 3.19. The average molecular weight is 495 g/mol. The van der Waals surface area contributed by atoms with Crippen molar-refractivity contribution in [2.24, 2.45) is 5.41 Å². The first-order chi connectivity index (χ1) is 17.2. The second-order valence-corrected chi connectivity index (χ2v) is 10.2. The standard InChI is InChI=1S/C27H38N6O3/c1-6-27(4,5)25(34)32-13-12-21-22(16-32)30-23(31-24(21)33-14-15-36-17-18(33)3)19-8-10-20(11-9-19)29-26(35)28-7-2/h8-11,18H,6-7,12-17H2,1-5H3,(H2,28,29,35). The Kier molecular flexibility index (Phi) is 7.78. The van der Waals surface area contributed by atoms with Gasteiger partial charge in [0.25, 0.3) is 0 Å². The minimum Gasteiger partial charge on any atom is -0.377 e. The number of hydrogen-bond acceptors (Lipinski definition) is 6. The molecule has 2 aliphatic rings. The Morgan fingerprint density at radius 2 is 1.89 bits per heavy atom. The number of carbonyl (C=O) groups is 2. The Labute approximate surface area is 213 Å². The fourth-order valence-electron chi connectivity index (χ4n) is 4.61. The van der Waals surface area contributed by atoms with E-state index < -0.39 is 5.41 Å². The zero-order valence-electron chi connectivity index (χ0n) is 22.1. The van der Waals surface area contributed by atoms with E-state index in [1.807, 2.05) is 49.9 Å². The fourth-order valence-corrected chi connectivity index (χ4v) is 4.61. The summed E-state index contributed by atoms with van der Waals surface area (Å²) in [7, 11) is 0. The van der Waals surface area contributed by atoms with Crippen LogP contribution in [0.3, 0.4) is 0 Å². The molecule has 1 aromatic carbocycles. The van der Waals surface area contributed by atoms with Gasteiger partial charge in [-0.1, -0.05) is 20.8 Å². The van der Waals surface area contributed by atoms with E-state index in [4.69, 9.17) is 14.7 Å². The number of morpholine rings is 1. The lowest BCUT2D eigenvalue weighted by molar-refractivity contribution is -0.141. The maximum absolute atomic E-state index is 13.2. The van der Waals surface area contributed by atoms with E-state index in [9.17, 15) is 9.59 Å². The van der Waals surface area contributed by atoms with E-state index in [2.05, 4.69) is 29.4 Å². The third-order valence-electron chi connectivity index (χ3n) is 7.17. The van der Waals surface area contributed by atoms with Gasteiger partial charge in [-0.05, 0) is 51.0 Å². The third-order valence-corrected chi connectivity index (χ3v) is 7.17. The van der Waals surface area contributed by atoms with Gasteiger partial charge in [0, 0.05) is 41.9 Å². The van der Waals surface area contributed by atoms with Crippen LogP contribution in [0.5, 0.6) is 0 Å². The predicted octanol–water partition coefficient (Wildman–Crippen LogP) is 3.83. The van der Waals surface area contributed by atoms with Crippen LogP contribution >= 0.6 is 0 Å². The Hall–Kier alpha value is -3.20. The highest BCUT2D eigenvalue weighted by molar-refractivity contribution is 5.89. The summed E-state index contributed by atoms with van der Waals surface area (Å²) in [4.78, 5) is 39.4. The molecule has 2 N–H and O–H groups in total. The van der Waals surface area contributed by atoms with Crippen LogP contribution in [0, 0.1) is 5.41 Å². The molecule has 194 valence electrons. The summed E-state index contributed by atoms with van der Waals surface area (Å²) in [6, 6.07) is 7.50. The molecular formula is C27H38N6O3. The van der Waals surface area contributed by atoms with Gasteiger partial charge in [0.1, 0.15) is 5.82 Å². The summed E-state index contributed by atoms with van der Waals surface area (Å²) in [5.74, 6) is 1.73. The molecule has 1 fully saturated rings. The van der Waals surface area contributed by atoms with Crippen LogP contribution in [-0.4, -0.2) is 65.7 Å². The van der Waals surface area contributed by atoms with Crippen molar-refractivity contribution in [3.05, 3.63) is 35.5 Å². The quantitative estimate of drug-likeness (QED) is 0.633. The number of aromatic nitrogens is 2. The molecule has 1 unspecified atom stereocenters. The zero-order valence-corrected chi connectivity index (χ0v) is 22.1. The van der Waals surface area contributed by atoms with Gasteiger partial charge < -0.3 is 25.2 Å². The molecule has 4 rings (SSSR count). The molecule has 9 heteroatoms. The smallest absolute Gasteiger partial charge is 0.319 e. The minimum atomic E-state index is -0.401. The molecule has 0 spiro atoms. The summed E-state index contributed by atoms with van der Waals surface area (Å²) in [6.07, 6.45) is 1.52. The SMILES string of the molecule is CCNC(=O)Nc1ccc(-c2nc3c(c(N4CCOCC4C)n2)CCN(C(=O)C(C)(C)CC)C3)cc1. The number of hydrogen-bond donors (Lipinski definition) is 2. The van der Waals surface area contributed by atoms with Crippen molar-refractivity contribution in [2.45, 2.75) is 60.0 Å². The lowest BCUT2D eigenvalue weighted by atomic mass is 9.87. The maximum atomic E-state index is 13.2. The van der Waals surface area contributed by atoms with Gasteiger partial charge in [-0.2, -0.15) is 0 Å². The third kappa shape index (κ3) is 5.46. The van der Waals surface area contributed by atoms with Crippen molar-refractivity contribution in [1.82, 2.24) is 20.2 Å². The highest BCUT2D eigenvalue weighted by Crippen LogP contribution is 2.33. The zero-order chi connectivity index (χ0) is 25.9. The molecule has 3 heterocycles. The maximum Gasteiger partial charge on any atom is 0.319 e. The van der Waals surface area contributed by atoms with E-state index in [0.717, 1.165) is 42.0 Å². The first-order valence-corrected chi connectivity index (χ1v) is 12.9. The van der Waals surface area contributed by atoms with Crippen molar-refractivity contribution >= 4 is 23.4 Å². The summed E-state index contributed by atoms with van der Waals surface area (Å²) in [5, 5.41) is 5.55. The number of ether oxygens (including phenoxy) is 1. The summed E-state index contributed by atoms with van der Waals surface area (Å²) < 4.78 is 5.68. The molecule has 0 aliphatic carbocycles. The molecule has 9 nitrogen and oxygen atoms in total. The van der Waals surface area contributed by atoms with Gasteiger partial charge in [-0.25, -0.2) is 14.8 Å². The number of urea groups is 1. The van der Waals surface area contributed by atoms with Crippen molar-refractivity contribution in [1.29, 1.82) is 0 Å². The number of nitrogens with one attached hydrogen (secondary N) is 2. The van der Waals surface area contributed by atoms with Crippen molar-refractivity contribution in [2.75, 3.05) is 43.1 Å². The topological polar surface area (TPSA) is 99.7 Å². The van der Waals surface area contributed by atoms with Crippen LogP contribution in [0.2, 0.25) is 0 Å². The van der Waals surface area contributed by atoms with Crippen LogP contribution in [-0.2, 0) is 22.5 Å². The monoisotopic (exact) mass is 494 g/mol. The Bertz CT molecular complexity index is 1100. The van der Waals surface area contributed by atoms with Crippen LogP contribution in [0.4, 0.5) is 16.3 Å². The molecule has 2 aliphatic heterocycles. The fraction of sp³-hybridized carbons (Fsp3) is 0.556. The Morgan fingerprint density at radius 1 is 1.14 bits per heavy atom. The lowest BCUT2D eigenvalue weighted by Gasteiger charge is -2.39. The first-order valence-electron chi connectivity index (χ1n) is 12.9. The van der Waals surface area contributed by atoms with Gasteiger partial charge in [0.2, 0.25) is 5.91 Å². The van der Waals surface area contributed by atoms with E-state index in [-0.39, 0.29) is 18.0 Å². The number of benzene rings is 1. The van der Waals surface area contributed by atoms with Crippen LogP contribution in [0.15, 0.2) is 24.3 Å². The number of nitrogens with zero attached hydrogens (tertiary/aromatic N) is 4. The van der Waals surface area contributed by atoms with Crippen molar-refractivity contribution in [3.63, 3.8) is 0 Å². The van der Waals surface area contributed by atoms with E-state index in [1.165, 1.54) is 0 Å². The van der Waals surface area contributed by atoms with Crippen molar-refractivity contribution in [3.8, 4) is 11.4 Å². The number of anilines is 2. The molecule has 2 aromatic rings. The lowest BCUT2D eigenvalue weighted by Crippen LogP contribution is -2.47. The van der Waals surface area contributed by atoms with Gasteiger partial charge in [-0.3, -0.25) is 4.79 Å². The molecule has 1 atom stereocenters. The molecule has 3 amide bonds. The van der Waals surface area contributed by atoms with E-state index >= 15 is 0 Å². The van der Waals surface area contributed by atoms with Crippen LogP contribution in [0.1, 0.15) is 52.3 Å². The average Bonchev–Trinajstić information content (AvgIpc) is 2.88. The van der Waals surface area contributed by atoms with Gasteiger partial charge in [-0.15, -0.1) is 0 Å². The molecule has 0 bridgehead atoms. The summed E-state index contributed by atoms with van der Waals surface area (Å²) in [6.45, 7) is 13.9. The molecule has 1 aromatic heterocycles. The molecule has 36 heavy (non-hydrogen) atoms. The van der Waals surface area contributed by atoms with Crippen LogP contribution in [0.25, 0.3) is 11.4 Å². The van der Waals surface area contributed by atoms with E-state index in [1.54, 1.807) is 0 Å². The minimum absolute atomic E-state index is 0.165. The van der Waals surface area contributed by atoms with Gasteiger partial charge >= 0.3 is 6.03 Å².